The van der Waals surface area contributed by atoms with Gasteiger partial charge in [-0.2, -0.15) is 0 Å². The van der Waals surface area contributed by atoms with E-state index in [0.717, 1.165) is 13.2 Å². The zero-order chi connectivity index (χ0) is 15.0. The molecule has 21 heavy (non-hydrogen) atoms. The lowest BCUT2D eigenvalue weighted by molar-refractivity contribution is -0.137. The van der Waals surface area contributed by atoms with Gasteiger partial charge in [0.2, 0.25) is 0 Å². The van der Waals surface area contributed by atoms with Crippen molar-refractivity contribution < 1.29 is 9.47 Å². The molecule has 1 saturated heterocycles. The fourth-order valence-corrected chi connectivity index (χ4v) is 3.53. The van der Waals surface area contributed by atoms with E-state index in [1.807, 2.05) is 13.8 Å². The van der Waals surface area contributed by atoms with Gasteiger partial charge in [-0.3, -0.25) is 0 Å². The van der Waals surface area contributed by atoms with E-state index in [1.165, 1.54) is 70.6 Å². The van der Waals surface area contributed by atoms with Gasteiger partial charge in [0.15, 0.2) is 5.79 Å². The second-order valence-corrected chi connectivity index (χ2v) is 7.32. The van der Waals surface area contributed by atoms with Crippen LogP contribution in [-0.4, -0.2) is 31.1 Å². The van der Waals surface area contributed by atoms with Crippen molar-refractivity contribution in [2.45, 2.75) is 102 Å². The second-order valence-electron chi connectivity index (χ2n) is 7.32. The Morgan fingerprint density at radius 3 is 1.86 bits per heavy atom. The van der Waals surface area contributed by atoms with E-state index in [-0.39, 0.29) is 6.10 Å². The Morgan fingerprint density at radius 1 is 0.857 bits per heavy atom. The highest BCUT2D eigenvalue weighted by molar-refractivity contribution is 4.76. The van der Waals surface area contributed by atoms with Crippen LogP contribution in [0, 0.1) is 0 Å². The van der Waals surface area contributed by atoms with E-state index < -0.39 is 5.79 Å². The van der Waals surface area contributed by atoms with Gasteiger partial charge >= 0.3 is 0 Å². The van der Waals surface area contributed by atoms with Crippen LogP contribution >= 0.6 is 0 Å². The number of rotatable bonds is 3. The molecule has 1 unspecified atom stereocenters. The summed E-state index contributed by atoms with van der Waals surface area (Å²) in [4.78, 5) is 0. The van der Waals surface area contributed by atoms with Gasteiger partial charge in [-0.25, -0.2) is 0 Å². The highest BCUT2D eigenvalue weighted by Gasteiger charge is 2.32. The molecule has 2 fully saturated rings. The Hall–Kier alpha value is -0.120. The summed E-state index contributed by atoms with van der Waals surface area (Å²) in [6, 6.07) is 0.678. The van der Waals surface area contributed by atoms with Crippen molar-refractivity contribution in [1.82, 2.24) is 5.32 Å². The van der Waals surface area contributed by atoms with Crippen LogP contribution in [0.3, 0.4) is 0 Å². The maximum absolute atomic E-state index is 5.89. The van der Waals surface area contributed by atoms with Crippen molar-refractivity contribution in [2.75, 3.05) is 13.2 Å². The van der Waals surface area contributed by atoms with E-state index in [1.54, 1.807) is 0 Å². The van der Waals surface area contributed by atoms with E-state index in [9.17, 15) is 0 Å². The Labute approximate surface area is 131 Å². The van der Waals surface area contributed by atoms with Crippen molar-refractivity contribution in [1.29, 1.82) is 0 Å². The zero-order valence-electron chi connectivity index (χ0n) is 14.2. The molecule has 0 spiro atoms. The van der Waals surface area contributed by atoms with Crippen molar-refractivity contribution in [3.8, 4) is 0 Å². The predicted molar refractivity (Wildman–Crippen MR) is 87.5 cm³/mol. The first kappa shape index (κ1) is 17.2. The Bertz CT molecular complexity index is 268. The van der Waals surface area contributed by atoms with Gasteiger partial charge in [0.1, 0.15) is 0 Å². The van der Waals surface area contributed by atoms with Crippen LogP contribution in [0.1, 0.15) is 84.5 Å². The summed E-state index contributed by atoms with van der Waals surface area (Å²) in [5.41, 5.74) is 0. The molecule has 124 valence electrons. The monoisotopic (exact) mass is 297 g/mol. The summed E-state index contributed by atoms with van der Waals surface area (Å²) in [5.74, 6) is -0.390. The first-order chi connectivity index (χ1) is 10.2. The quantitative estimate of drug-likeness (QED) is 0.837. The molecule has 2 aliphatic rings. The molecule has 0 aromatic rings. The first-order valence-electron chi connectivity index (χ1n) is 9.21. The molecule has 1 heterocycles. The Kier molecular flexibility index (Phi) is 7.48. The average molecular weight is 297 g/mol. The van der Waals surface area contributed by atoms with E-state index in [2.05, 4.69) is 5.32 Å². The lowest BCUT2D eigenvalue weighted by atomic mass is 9.98. The highest BCUT2D eigenvalue weighted by Crippen LogP contribution is 2.22. The van der Waals surface area contributed by atoms with Gasteiger partial charge < -0.3 is 14.8 Å². The van der Waals surface area contributed by atoms with E-state index in [0.29, 0.717) is 6.04 Å². The summed E-state index contributed by atoms with van der Waals surface area (Å²) in [6.07, 6.45) is 15.7. The topological polar surface area (TPSA) is 30.5 Å². The van der Waals surface area contributed by atoms with Gasteiger partial charge in [0, 0.05) is 12.6 Å². The molecule has 1 N–H and O–H groups in total. The minimum atomic E-state index is -0.390. The highest BCUT2D eigenvalue weighted by atomic mass is 16.7. The second kappa shape index (κ2) is 9.12. The number of hydrogen-bond donors (Lipinski definition) is 1. The molecule has 0 radical (unpaired) electrons. The summed E-state index contributed by atoms with van der Waals surface area (Å²) >= 11 is 0. The molecule has 2 rings (SSSR count). The third-order valence-electron chi connectivity index (χ3n) is 4.81. The van der Waals surface area contributed by atoms with Crippen molar-refractivity contribution in [3.05, 3.63) is 0 Å². The lowest BCUT2D eigenvalue weighted by Gasteiger charge is -2.22. The van der Waals surface area contributed by atoms with E-state index in [4.69, 9.17) is 9.47 Å². The van der Waals surface area contributed by atoms with Gasteiger partial charge in [-0.15, -0.1) is 0 Å². The van der Waals surface area contributed by atoms with Crippen LogP contribution in [-0.2, 0) is 9.47 Å². The lowest BCUT2D eigenvalue weighted by Crippen LogP contribution is -2.37. The van der Waals surface area contributed by atoms with Crippen molar-refractivity contribution in [3.63, 3.8) is 0 Å². The fourth-order valence-electron chi connectivity index (χ4n) is 3.53. The SMILES string of the molecule is CC1(C)OCC(CNC2CCCCCCCCCCC2)O1. The van der Waals surface area contributed by atoms with Crippen LogP contribution in [0.4, 0.5) is 0 Å². The molecule has 1 aliphatic carbocycles. The minimum absolute atomic E-state index is 0.224. The fraction of sp³-hybridized carbons (Fsp3) is 1.00. The molecular weight excluding hydrogens is 262 g/mol. The molecular formula is C18H35NO2. The van der Waals surface area contributed by atoms with E-state index >= 15 is 0 Å². The summed E-state index contributed by atoms with van der Waals surface area (Å²) in [6.45, 7) is 5.67. The molecule has 3 heteroatoms. The molecule has 0 aromatic carbocycles. The Balaban J connectivity index is 1.68. The van der Waals surface area contributed by atoms with Crippen LogP contribution in [0.2, 0.25) is 0 Å². The standard InChI is InChI=1S/C18H35NO2/c1-18(2)20-15-17(21-18)14-19-16-12-10-8-6-4-3-5-7-9-11-13-16/h16-17,19H,3-15H2,1-2H3. The third-order valence-corrected chi connectivity index (χ3v) is 4.81. The van der Waals surface area contributed by atoms with Gasteiger partial charge in [-0.05, 0) is 26.7 Å². The number of hydrogen-bond acceptors (Lipinski definition) is 3. The van der Waals surface area contributed by atoms with Gasteiger partial charge in [0.25, 0.3) is 0 Å². The smallest absolute Gasteiger partial charge is 0.163 e. The number of nitrogens with one attached hydrogen (secondary N) is 1. The van der Waals surface area contributed by atoms with Crippen molar-refractivity contribution in [2.24, 2.45) is 0 Å². The van der Waals surface area contributed by atoms with Gasteiger partial charge in [0.05, 0.1) is 12.7 Å². The van der Waals surface area contributed by atoms with Crippen LogP contribution in [0.15, 0.2) is 0 Å². The molecule has 0 aromatic heterocycles. The minimum Gasteiger partial charge on any atom is -0.348 e. The maximum atomic E-state index is 5.89. The summed E-state index contributed by atoms with van der Waals surface area (Å²) in [5, 5.41) is 3.75. The largest absolute Gasteiger partial charge is 0.348 e. The summed E-state index contributed by atoms with van der Waals surface area (Å²) in [7, 11) is 0. The summed E-state index contributed by atoms with van der Waals surface area (Å²) < 4.78 is 11.5. The molecule has 1 saturated carbocycles. The third kappa shape index (κ3) is 7.12. The van der Waals surface area contributed by atoms with Crippen LogP contribution < -0.4 is 5.32 Å². The maximum Gasteiger partial charge on any atom is 0.163 e. The average Bonchev–Trinajstić information content (AvgIpc) is 2.78. The molecule has 1 aliphatic heterocycles. The van der Waals surface area contributed by atoms with Gasteiger partial charge in [-0.1, -0.05) is 57.8 Å². The molecule has 0 bridgehead atoms. The van der Waals surface area contributed by atoms with Crippen molar-refractivity contribution >= 4 is 0 Å². The predicted octanol–water partition coefficient (Wildman–Crippen LogP) is 4.40. The number of ether oxygens (including phenoxy) is 2. The Morgan fingerprint density at radius 2 is 1.38 bits per heavy atom. The van der Waals surface area contributed by atoms with Crippen LogP contribution in [0.25, 0.3) is 0 Å². The molecule has 1 atom stereocenters. The normalized spacial score (nSPS) is 29.7. The molecule has 0 amide bonds. The van der Waals surface area contributed by atoms with Crippen LogP contribution in [0.5, 0.6) is 0 Å². The zero-order valence-corrected chi connectivity index (χ0v) is 14.2. The molecule has 3 nitrogen and oxygen atoms in total. The first-order valence-corrected chi connectivity index (χ1v) is 9.21.